The van der Waals surface area contributed by atoms with Crippen LogP contribution in [0.5, 0.6) is 0 Å². The fourth-order valence-electron chi connectivity index (χ4n) is 1.32. The largest absolute Gasteiger partial charge is 0.399 e. The van der Waals surface area contributed by atoms with E-state index in [9.17, 15) is 0 Å². The van der Waals surface area contributed by atoms with Crippen LogP contribution in [-0.4, -0.2) is 9.97 Å². The van der Waals surface area contributed by atoms with Gasteiger partial charge < -0.3 is 5.73 Å². The zero-order chi connectivity index (χ0) is 11.4. The summed E-state index contributed by atoms with van der Waals surface area (Å²) in [5.41, 5.74) is 9.17. The van der Waals surface area contributed by atoms with Crippen LogP contribution in [0, 0.1) is 18.8 Å². The first-order valence-corrected chi connectivity index (χ1v) is 4.90. The number of hydrogen-bond donors (Lipinski definition) is 1. The highest BCUT2D eigenvalue weighted by Crippen LogP contribution is 2.11. The number of hydrogen-bond acceptors (Lipinski definition) is 3. The fourth-order valence-corrected chi connectivity index (χ4v) is 1.32. The predicted octanol–water partition coefficient (Wildman–Crippen LogP) is 1.77. The summed E-state index contributed by atoms with van der Waals surface area (Å²) in [5, 5.41) is 0. The van der Waals surface area contributed by atoms with E-state index in [1.54, 1.807) is 12.3 Å². The number of nitrogens with zero attached hydrogens (tertiary/aromatic N) is 2. The molecular formula is C13H11N3. The highest BCUT2D eigenvalue weighted by molar-refractivity contribution is 5.51. The van der Waals surface area contributed by atoms with Crippen molar-refractivity contribution in [3.8, 4) is 11.8 Å². The monoisotopic (exact) mass is 209 g/mol. The van der Waals surface area contributed by atoms with Crippen molar-refractivity contribution in [3.63, 3.8) is 0 Å². The van der Waals surface area contributed by atoms with E-state index in [0.717, 1.165) is 16.8 Å². The molecule has 1 aromatic carbocycles. The van der Waals surface area contributed by atoms with Gasteiger partial charge in [0.1, 0.15) is 12.0 Å². The third kappa shape index (κ3) is 2.37. The van der Waals surface area contributed by atoms with E-state index in [2.05, 4.69) is 21.8 Å². The number of aryl methyl sites for hydroxylation is 1. The highest BCUT2D eigenvalue weighted by Gasteiger charge is 1.94. The Bertz CT molecular complexity index is 550. The molecule has 2 N–H and O–H groups in total. The average Bonchev–Trinajstić information content (AvgIpc) is 2.29. The van der Waals surface area contributed by atoms with Crippen LogP contribution in [0.15, 0.2) is 36.8 Å². The molecule has 3 nitrogen and oxygen atoms in total. The van der Waals surface area contributed by atoms with Crippen molar-refractivity contribution in [1.82, 2.24) is 9.97 Å². The van der Waals surface area contributed by atoms with E-state index in [1.165, 1.54) is 6.33 Å². The van der Waals surface area contributed by atoms with Gasteiger partial charge >= 0.3 is 0 Å². The molecule has 78 valence electrons. The van der Waals surface area contributed by atoms with Crippen LogP contribution < -0.4 is 5.73 Å². The Hall–Kier alpha value is -2.34. The summed E-state index contributed by atoms with van der Waals surface area (Å²) < 4.78 is 0. The van der Waals surface area contributed by atoms with E-state index in [4.69, 9.17) is 5.73 Å². The van der Waals surface area contributed by atoms with Crippen molar-refractivity contribution < 1.29 is 0 Å². The van der Waals surface area contributed by atoms with Crippen LogP contribution in [-0.2, 0) is 0 Å². The maximum Gasteiger partial charge on any atom is 0.116 e. The zero-order valence-electron chi connectivity index (χ0n) is 8.94. The summed E-state index contributed by atoms with van der Waals surface area (Å²) in [6, 6.07) is 7.44. The van der Waals surface area contributed by atoms with Gasteiger partial charge in [-0.15, -0.1) is 0 Å². The minimum Gasteiger partial charge on any atom is -0.399 e. The Balaban J connectivity index is 2.31. The molecule has 0 amide bonds. The Morgan fingerprint density at radius 1 is 1.19 bits per heavy atom. The van der Waals surface area contributed by atoms with Crippen molar-refractivity contribution in [2.24, 2.45) is 0 Å². The Morgan fingerprint density at radius 2 is 2.06 bits per heavy atom. The van der Waals surface area contributed by atoms with Crippen LogP contribution in [0.3, 0.4) is 0 Å². The lowest BCUT2D eigenvalue weighted by molar-refractivity contribution is 1.15. The highest BCUT2D eigenvalue weighted by atomic mass is 14.8. The van der Waals surface area contributed by atoms with Gasteiger partial charge in [-0.3, -0.25) is 0 Å². The molecule has 2 aromatic rings. The smallest absolute Gasteiger partial charge is 0.116 e. The topological polar surface area (TPSA) is 51.8 Å². The van der Waals surface area contributed by atoms with Gasteiger partial charge in [-0.2, -0.15) is 0 Å². The van der Waals surface area contributed by atoms with Gasteiger partial charge in [0.25, 0.3) is 0 Å². The summed E-state index contributed by atoms with van der Waals surface area (Å²) in [4.78, 5) is 7.87. The first-order valence-electron chi connectivity index (χ1n) is 4.90. The van der Waals surface area contributed by atoms with E-state index in [1.807, 2.05) is 25.1 Å². The maximum absolute atomic E-state index is 5.67. The lowest BCUT2D eigenvalue weighted by Gasteiger charge is -1.98. The molecule has 1 heterocycles. The van der Waals surface area contributed by atoms with Crippen LogP contribution in [0.25, 0.3) is 0 Å². The number of anilines is 1. The summed E-state index contributed by atoms with van der Waals surface area (Å²) in [6.07, 6.45) is 3.16. The number of nitrogen functional groups attached to an aromatic ring is 1. The second kappa shape index (κ2) is 4.45. The SMILES string of the molecule is Cc1cc(N)ccc1C#Cc1ccncn1. The third-order valence-electron chi connectivity index (χ3n) is 2.16. The standard InChI is InChI=1S/C13H11N3/c1-10-8-12(14)4-2-11(10)3-5-13-6-7-15-9-16-13/h2,4,6-9H,14H2,1H3. The van der Waals surface area contributed by atoms with Gasteiger partial charge in [0.2, 0.25) is 0 Å². The van der Waals surface area contributed by atoms with E-state index in [-0.39, 0.29) is 0 Å². The van der Waals surface area contributed by atoms with Crippen LogP contribution in [0.2, 0.25) is 0 Å². The first-order chi connectivity index (χ1) is 7.75. The van der Waals surface area contributed by atoms with Gasteiger partial charge in [-0.1, -0.05) is 5.92 Å². The lowest BCUT2D eigenvalue weighted by Crippen LogP contribution is -1.88. The van der Waals surface area contributed by atoms with Gasteiger partial charge in [-0.25, -0.2) is 9.97 Å². The molecule has 0 unspecified atom stereocenters. The van der Waals surface area contributed by atoms with Gasteiger partial charge in [0.15, 0.2) is 0 Å². The molecule has 0 saturated heterocycles. The van der Waals surface area contributed by atoms with E-state index >= 15 is 0 Å². The molecule has 0 aliphatic heterocycles. The normalized spacial score (nSPS) is 9.31. The Kier molecular flexibility index (Phi) is 2.84. The predicted molar refractivity (Wildman–Crippen MR) is 63.6 cm³/mol. The van der Waals surface area contributed by atoms with E-state index in [0.29, 0.717) is 5.69 Å². The molecule has 0 aliphatic rings. The molecule has 1 aromatic heterocycles. The molecule has 0 radical (unpaired) electrons. The second-order valence-electron chi connectivity index (χ2n) is 3.42. The molecule has 2 rings (SSSR count). The molecule has 0 fully saturated rings. The minimum atomic E-state index is 0.714. The lowest BCUT2D eigenvalue weighted by atomic mass is 10.1. The summed E-state index contributed by atoms with van der Waals surface area (Å²) in [7, 11) is 0. The molecule has 16 heavy (non-hydrogen) atoms. The molecule has 0 aliphatic carbocycles. The number of nitrogens with two attached hydrogens (primary N) is 1. The maximum atomic E-state index is 5.67. The fraction of sp³-hybridized carbons (Fsp3) is 0.0769. The first kappa shape index (κ1) is 10.2. The van der Waals surface area contributed by atoms with Crippen molar-refractivity contribution in [2.45, 2.75) is 6.92 Å². The van der Waals surface area contributed by atoms with Crippen LogP contribution in [0.4, 0.5) is 5.69 Å². The molecule has 0 saturated carbocycles. The summed E-state index contributed by atoms with van der Waals surface area (Å²) >= 11 is 0. The molecule has 0 bridgehead atoms. The van der Waals surface area contributed by atoms with Crippen LogP contribution in [0.1, 0.15) is 16.8 Å². The third-order valence-corrected chi connectivity index (χ3v) is 2.16. The van der Waals surface area contributed by atoms with Gasteiger partial charge in [0.05, 0.1) is 0 Å². The quantitative estimate of drug-likeness (QED) is 0.531. The van der Waals surface area contributed by atoms with Crippen molar-refractivity contribution in [3.05, 3.63) is 53.6 Å². The van der Waals surface area contributed by atoms with Crippen LogP contribution >= 0.6 is 0 Å². The Labute approximate surface area is 94.4 Å². The number of aromatic nitrogens is 2. The molecule has 0 spiro atoms. The summed E-state index contributed by atoms with van der Waals surface area (Å²) in [6.45, 7) is 1.99. The van der Waals surface area contributed by atoms with Gasteiger partial charge in [0, 0.05) is 17.4 Å². The number of benzene rings is 1. The average molecular weight is 209 g/mol. The minimum absolute atomic E-state index is 0.714. The zero-order valence-corrected chi connectivity index (χ0v) is 8.94. The Morgan fingerprint density at radius 3 is 2.75 bits per heavy atom. The van der Waals surface area contributed by atoms with Crippen molar-refractivity contribution >= 4 is 5.69 Å². The molecule has 3 heteroatoms. The summed E-state index contributed by atoms with van der Waals surface area (Å²) in [5.74, 6) is 6.04. The number of rotatable bonds is 0. The van der Waals surface area contributed by atoms with Gasteiger partial charge in [-0.05, 0) is 42.7 Å². The van der Waals surface area contributed by atoms with E-state index < -0.39 is 0 Å². The molecular weight excluding hydrogens is 198 g/mol. The van der Waals surface area contributed by atoms with Crippen molar-refractivity contribution in [1.29, 1.82) is 0 Å². The van der Waals surface area contributed by atoms with Crippen molar-refractivity contribution in [2.75, 3.05) is 5.73 Å². The second-order valence-corrected chi connectivity index (χ2v) is 3.42. The molecule has 0 atom stereocenters.